The summed E-state index contributed by atoms with van der Waals surface area (Å²) >= 11 is 0. The maximum Gasteiger partial charge on any atom is 0.186 e. The van der Waals surface area contributed by atoms with Crippen molar-refractivity contribution in [3.8, 4) is 0 Å². The zero-order valence-electron chi connectivity index (χ0n) is 8.90. The molecule has 1 aliphatic rings. The summed E-state index contributed by atoms with van der Waals surface area (Å²) in [5, 5.41) is 37.4. The predicted molar refractivity (Wildman–Crippen MR) is 53.4 cm³/mol. The van der Waals surface area contributed by atoms with Gasteiger partial charge >= 0.3 is 0 Å². The summed E-state index contributed by atoms with van der Waals surface area (Å²) in [7, 11) is 0. The lowest BCUT2D eigenvalue weighted by Crippen LogP contribution is -2.59. The molecule has 16 heavy (non-hydrogen) atoms. The Labute approximate surface area is 93.4 Å². The average molecular weight is 237 g/mol. The smallest absolute Gasteiger partial charge is 0.186 e. The zero-order valence-corrected chi connectivity index (χ0v) is 8.90. The van der Waals surface area contributed by atoms with Crippen molar-refractivity contribution >= 4 is 0 Å². The number of rotatable bonds is 5. The first-order valence-corrected chi connectivity index (χ1v) is 5.24. The standard InChI is InChI=1S/C9H19NO6/c10-2-1-3-15-9-8(14)7(13)6(12)5(4-11)16-9/h5-9,11-14H,1-4,10H2/t5-,6-,7+,8-,9?/m1/s1. The number of nitrogens with two attached hydrogens (primary N) is 1. The zero-order chi connectivity index (χ0) is 12.1. The molecule has 1 saturated heterocycles. The second kappa shape index (κ2) is 6.45. The van der Waals surface area contributed by atoms with Crippen molar-refractivity contribution in [3.05, 3.63) is 0 Å². The molecule has 0 spiro atoms. The van der Waals surface area contributed by atoms with Gasteiger partial charge in [-0.1, -0.05) is 0 Å². The third-order valence-electron chi connectivity index (χ3n) is 2.48. The van der Waals surface area contributed by atoms with Crippen LogP contribution in [0.5, 0.6) is 0 Å². The van der Waals surface area contributed by atoms with E-state index in [1.807, 2.05) is 0 Å². The van der Waals surface area contributed by atoms with Crippen molar-refractivity contribution in [1.29, 1.82) is 0 Å². The lowest BCUT2D eigenvalue weighted by Gasteiger charge is -2.39. The van der Waals surface area contributed by atoms with E-state index in [1.165, 1.54) is 0 Å². The highest BCUT2D eigenvalue weighted by Crippen LogP contribution is 2.21. The molecule has 0 saturated carbocycles. The molecule has 1 heterocycles. The van der Waals surface area contributed by atoms with Gasteiger partial charge in [-0.05, 0) is 13.0 Å². The highest BCUT2D eigenvalue weighted by atomic mass is 16.7. The molecule has 1 rings (SSSR count). The van der Waals surface area contributed by atoms with E-state index < -0.39 is 37.3 Å². The van der Waals surface area contributed by atoms with Crippen molar-refractivity contribution in [3.63, 3.8) is 0 Å². The fourth-order valence-corrected chi connectivity index (χ4v) is 1.49. The Morgan fingerprint density at radius 3 is 2.38 bits per heavy atom. The Hall–Kier alpha value is -0.280. The minimum absolute atomic E-state index is 0.277. The van der Waals surface area contributed by atoms with Gasteiger partial charge in [0.25, 0.3) is 0 Å². The molecule has 0 aliphatic carbocycles. The molecule has 96 valence electrons. The molecule has 1 unspecified atom stereocenters. The van der Waals surface area contributed by atoms with Gasteiger partial charge in [-0.2, -0.15) is 0 Å². The maximum absolute atomic E-state index is 9.55. The molecule has 0 bridgehead atoms. The van der Waals surface area contributed by atoms with Crippen LogP contribution in [0.4, 0.5) is 0 Å². The van der Waals surface area contributed by atoms with E-state index in [1.54, 1.807) is 0 Å². The largest absolute Gasteiger partial charge is 0.394 e. The van der Waals surface area contributed by atoms with Crippen LogP contribution in [0.2, 0.25) is 0 Å². The third-order valence-corrected chi connectivity index (χ3v) is 2.48. The first-order chi connectivity index (χ1) is 7.61. The first-order valence-electron chi connectivity index (χ1n) is 5.24. The number of aliphatic hydroxyl groups excluding tert-OH is 4. The van der Waals surface area contributed by atoms with Crippen LogP contribution in [0.15, 0.2) is 0 Å². The van der Waals surface area contributed by atoms with Gasteiger partial charge in [-0.3, -0.25) is 0 Å². The summed E-state index contributed by atoms with van der Waals surface area (Å²) in [6.07, 6.45) is -5.48. The number of ether oxygens (including phenoxy) is 2. The summed E-state index contributed by atoms with van der Waals surface area (Å²) in [5.74, 6) is 0. The van der Waals surface area contributed by atoms with Gasteiger partial charge in [0.1, 0.15) is 24.4 Å². The average Bonchev–Trinajstić information content (AvgIpc) is 2.29. The Bertz CT molecular complexity index is 202. The first kappa shape index (κ1) is 13.8. The molecule has 0 aromatic rings. The maximum atomic E-state index is 9.55. The van der Waals surface area contributed by atoms with E-state index in [4.69, 9.17) is 20.3 Å². The van der Waals surface area contributed by atoms with E-state index in [0.717, 1.165) is 0 Å². The molecule has 7 nitrogen and oxygen atoms in total. The summed E-state index contributed by atoms with van der Waals surface area (Å²) in [5.41, 5.74) is 5.27. The minimum Gasteiger partial charge on any atom is -0.394 e. The summed E-state index contributed by atoms with van der Waals surface area (Å²) in [6.45, 7) is 0.262. The van der Waals surface area contributed by atoms with Crippen molar-refractivity contribution in [2.24, 2.45) is 5.73 Å². The Balaban J connectivity index is 2.50. The van der Waals surface area contributed by atoms with Crippen molar-refractivity contribution in [1.82, 2.24) is 0 Å². The van der Waals surface area contributed by atoms with E-state index in [9.17, 15) is 15.3 Å². The second-order valence-corrected chi connectivity index (χ2v) is 3.71. The summed E-state index contributed by atoms with van der Waals surface area (Å²) in [4.78, 5) is 0. The quantitative estimate of drug-likeness (QED) is 0.326. The SMILES string of the molecule is NCCCOC1O[C@H](CO)[C@@H](O)[C@H](O)[C@H]1O. The van der Waals surface area contributed by atoms with E-state index >= 15 is 0 Å². The molecule has 0 radical (unpaired) electrons. The molecule has 1 fully saturated rings. The second-order valence-electron chi connectivity index (χ2n) is 3.71. The van der Waals surface area contributed by atoms with Crippen molar-refractivity contribution < 1.29 is 29.9 Å². The van der Waals surface area contributed by atoms with Gasteiger partial charge in [-0.25, -0.2) is 0 Å². The van der Waals surface area contributed by atoms with Crippen molar-refractivity contribution in [2.75, 3.05) is 19.8 Å². The monoisotopic (exact) mass is 237 g/mol. The van der Waals surface area contributed by atoms with E-state index in [-0.39, 0.29) is 6.61 Å². The fourth-order valence-electron chi connectivity index (χ4n) is 1.49. The molecule has 0 aromatic heterocycles. The van der Waals surface area contributed by atoms with Crippen LogP contribution in [0, 0.1) is 0 Å². The van der Waals surface area contributed by atoms with Gasteiger partial charge in [0.2, 0.25) is 0 Å². The number of aliphatic hydroxyl groups is 4. The summed E-state index contributed by atoms with van der Waals surface area (Å²) in [6, 6.07) is 0. The predicted octanol–water partition coefficient (Wildman–Crippen LogP) is -2.85. The molecule has 0 amide bonds. The highest BCUT2D eigenvalue weighted by molar-refractivity contribution is 4.88. The van der Waals surface area contributed by atoms with Crippen LogP contribution < -0.4 is 5.73 Å². The van der Waals surface area contributed by atoms with Crippen LogP contribution in [0.25, 0.3) is 0 Å². The van der Waals surface area contributed by atoms with Crippen LogP contribution >= 0.6 is 0 Å². The molecular weight excluding hydrogens is 218 g/mol. The normalized spacial score (nSPS) is 39.9. The van der Waals surface area contributed by atoms with Gasteiger partial charge in [-0.15, -0.1) is 0 Å². The minimum atomic E-state index is -1.39. The molecule has 6 N–H and O–H groups in total. The summed E-state index contributed by atoms with van der Waals surface area (Å²) < 4.78 is 10.3. The van der Waals surface area contributed by atoms with Crippen molar-refractivity contribution in [2.45, 2.75) is 37.1 Å². The van der Waals surface area contributed by atoms with Gasteiger partial charge < -0.3 is 35.6 Å². The molecule has 0 aromatic carbocycles. The Kier molecular flexibility index (Phi) is 5.56. The Morgan fingerprint density at radius 1 is 1.12 bits per heavy atom. The fraction of sp³-hybridized carbons (Fsp3) is 1.00. The lowest BCUT2D eigenvalue weighted by molar-refractivity contribution is -0.301. The number of hydrogen-bond donors (Lipinski definition) is 5. The van der Waals surface area contributed by atoms with Gasteiger partial charge in [0.15, 0.2) is 6.29 Å². The third kappa shape index (κ3) is 3.11. The van der Waals surface area contributed by atoms with Crippen LogP contribution in [-0.2, 0) is 9.47 Å². The molecule has 1 aliphatic heterocycles. The van der Waals surface area contributed by atoms with Crippen LogP contribution in [0.1, 0.15) is 6.42 Å². The van der Waals surface area contributed by atoms with E-state index in [0.29, 0.717) is 13.0 Å². The topological polar surface area (TPSA) is 125 Å². The number of hydrogen-bond acceptors (Lipinski definition) is 7. The van der Waals surface area contributed by atoms with Crippen LogP contribution in [-0.4, -0.2) is 70.9 Å². The highest BCUT2D eigenvalue weighted by Gasteiger charge is 2.43. The molecular formula is C9H19NO6. The molecule has 5 atom stereocenters. The Morgan fingerprint density at radius 2 is 1.81 bits per heavy atom. The van der Waals surface area contributed by atoms with Crippen LogP contribution in [0.3, 0.4) is 0 Å². The molecule has 7 heteroatoms. The van der Waals surface area contributed by atoms with E-state index in [2.05, 4.69) is 0 Å². The van der Waals surface area contributed by atoms with Gasteiger partial charge in [0.05, 0.1) is 13.2 Å². The lowest BCUT2D eigenvalue weighted by atomic mass is 9.99. The van der Waals surface area contributed by atoms with Gasteiger partial charge in [0, 0.05) is 0 Å².